The maximum absolute atomic E-state index is 12.2. The zero-order chi connectivity index (χ0) is 14.0. The summed E-state index contributed by atoms with van der Waals surface area (Å²) in [4.78, 5) is 14.1. The Balaban J connectivity index is 1.86. The van der Waals surface area contributed by atoms with Crippen LogP contribution in [0.15, 0.2) is 12.4 Å². The summed E-state index contributed by atoms with van der Waals surface area (Å²) in [6.45, 7) is 8.84. The third kappa shape index (κ3) is 3.49. The predicted molar refractivity (Wildman–Crippen MR) is 75.4 cm³/mol. The highest BCUT2D eigenvalue weighted by Gasteiger charge is 2.30. The molecule has 1 fully saturated rings. The van der Waals surface area contributed by atoms with Gasteiger partial charge >= 0.3 is 0 Å². The van der Waals surface area contributed by atoms with Crippen molar-refractivity contribution in [3.8, 4) is 0 Å². The fourth-order valence-corrected chi connectivity index (χ4v) is 2.70. The van der Waals surface area contributed by atoms with Crippen LogP contribution in [-0.4, -0.2) is 33.7 Å². The van der Waals surface area contributed by atoms with Gasteiger partial charge in [-0.25, -0.2) is 0 Å². The fourth-order valence-electron chi connectivity index (χ4n) is 2.70. The number of hydrogen-bond donors (Lipinski definition) is 1. The maximum Gasteiger partial charge on any atom is 0.244 e. The summed E-state index contributed by atoms with van der Waals surface area (Å²) in [5.41, 5.74) is 6.53. The lowest BCUT2D eigenvalue weighted by Crippen LogP contribution is -2.42. The molecule has 0 saturated carbocycles. The largest absolute Gasteiger partial charge is 0.396 e. The van der Waals surface area contributed by atoms with E-state index >= 15 is 0 Å². The summed E-state index contributed by atoms with van der Waals surface area (Å²) in [6.07, 6.45) is 5.45. The van der Waals surface area contributed by atoms with Gasteiger partial charge in [0.15, 0.2) is 0 Å². The van der Waals surface area contributed by atoms with Crippen LogP contribution in [0.3, 0.4) is 0 Å². The Kier molecular flexibility index (Phi) is 3.83. The molecule has 1 aromatic heterocycles. The molecule has 5 nitrogen and oxygen atoms in total. The molecule has 0 atom stereocenters. The summed E-state index contributed by atoms with van der Waals surface area (Å²) in [5, 5.41) is 4.05. The van der Waals surface area contributed by atoms with E-state index in [1.54, 1.807) is 17.1 Å². The van der Waals surface area contributed by atoms with Crippen molar-refractivity contribution in [2.24, 2.45) is 11.3 Å². The molecule has 1 aromatic rings. The van der Waals surface area contributed by atoms with Gasteiger partial charge in [0.2, 0.25) is 5.91 Å². The molecule has 2 heterocycles. The Bertz CT molecular complexity index is 439. The number of piperidine rings is 1. The van der Waals surface area contributed by atoms with E-state index in [1.165, 1.54) is 0 Å². The lowest BCUT2D eigenvalue weighted by Gasteiger charge is -2.38. The summed E-state index contributed by atoms with van der Waals surface area (Å²) in [7, 11) is 0. The third-order valence-electron chi connectivity index (χ3n) is 4.02. The van der Waals surface area contributed by atoms with E-state index in [1.807, 2.05) is 4.90 Å². The van der Waals surface area contributed by atoms with Crippen molar-refractivity contribution < 1.29 is 4.79 Å². The summed E-state index contributed by atoms with van der Waals surface area (Å²) < 4.78 is 1.60. The van der Waals surface area contributed by atoms with Crippen molar-refractivity contribution >= 4 is 11.6 Å². The van der Waals surface area contributed by atoms with Crippen LogP contribution in [0.5, 0.6) is 0 Å². The first-order valence-electron chi connectivity index (χ1n) is 6.92. The predicted octanol–water partition coefficient (Wildman–Crippen LogP) is 1.75. The van der Waals surface area contributed by atoms with Crippen molar-refractivity contribution in [3.05, 3.63) is 12.4 Å². The molecule has 5 heteroatoms. The zero-order valence-electron chi connectivity index (χ0n) is 12.1. The lowest BCUT2D eigenvalue weighted by atomic mass is 9.75. The van der Waals surface area contributed by atoms with Crippen LogP contribution in [0.4, 0.5) is 5.69 Å². The van der Waals surface area contributed by atoms with Gasteiger partial charge < -0.3 is 10.6 Å². The Labute approximate surface area is 114 Å². The minimum absolute atomic E-state index is 0.135. The van der Waals surface area contributed by atoms with Gasteiger partial charge in [0.05, 0.1) is 11.9 Å². The highest BCUT2D eigenvalue weighted by Crippen LogP contribution is 2.34. The molecule has 0 aliphatic carbocycles. The highest BCUT2D eigenvalue weighted by molar-refractivity contribution is 5.76. The maximum atomic E-state index is 12.2. The number of nitrogens with two attached hydrogens (primary N) is 1. The summed E-state index contributed by atoms with van der Waals surface area (Å²) in [5.74, 6) is 0.840. The van der Waals surface area contributed by atoms with Crippen molar-refractivity contribution in [1.82, 2.24) is 14.7 Å². The van der Waals surface area contributed by atoms with Crippen LogP contribution in [0, 0.1) is 11.3 Å². The second-order valence-electron chi connectivity index (χ2n) is 6.49. The van der Waals surface area contributed by atoms with Gasteiger partial charge in [0.1, 0.15) is 6.54 Å². The number of amides is 1. The number of hydrogen-bond acceptors (Lipinski definition) is 3. The first-order valence-corrected chi connectivity index (χ1v) is 6.92. The highest BCUT2D eigenvalue weighted by atomic mass is 16.2. The number of nitrogens with zero attached hydrogens (tertiary/aromatic N) is 3. The quantitative estimate of drug-likeness (QED) is 0.885. The number of aromatic nitrogens is 2. The van der Waals surface area contributed by atoms with Gasteiger partial charge in [-0.1, -0.05) is 20.8 Å². The number of rotatable bonds is 2. The van der Waals surface area contributed by atoms with Gasteiger partial charge in [-0.05, 0) is 24.2 Å². The average molecular weight is 264 g/mol. The smallest absolute Gasteiger partial charge is 0.244 e. The Morgan fingerprint density at radius 3 is 2.53 bits per heavy atom. The number of carbonyl (C=O) groups excluding carboxylic acids is 1. The monoisotopic (exact) mass is 264 g/mol. The van der Waals surface area contributed by atoms with Gasteiger partial charge in [-0.3, -0.25) is 9.48 Å². The molecule has 19 heavy (non-hydrogen) atoms. The molecule has 2 rings (SSSR count). The van der Waals surface area contributed by atoms with E-state index in [2.05, 4.69) is 25.9 Å². The summed E-state index contributed by atoms with van der Waals surface area (Å²) in [6, 6.07) is 0. The van der Waals surface area contributed by atoms with Crippen molar-refractivity contribution in [1.29, 1.82) is 0 Å². The normalized spacial score (nSPS) is 17.7. The van der Waals surface area contributed by atoms with E-state index in [0.29, 0.717) is 17.0 Å². The SMILES string of the molecule is CC(C)(C)C1CCN(C(=O)Cn2cc(N)cn2)CC1. The van der Waals surface area contributed by atoms with E-state index in [0.717, 1.165) is 25.9 Å². The second-order valence-corrected chi connectivity index (χ2v) is 6.49. The third-order valence-corrected chi connectivity index (χ3v) is 4.02. The number of carbonyl (C=O) groups is 1. The molecule has 2 N–H and O–H groups in total. The lowest BCUT2D eigenvalue weighted by molar-refractivity contribution is -0.134. The number of anilines is 1. The van der Waals surface area contributed by atoms with Crippen molar-refractivity contribution in [2.75, 3.05) is 18.8 Å². The number of nitrogen functional groups attached to an aromatic ring is 1. The second kappa shape index (κ2) is 5.23. The molecule has 1 saturated heterocycles. The van der Waals surface area contributed by atoms with Crippen LogP contribution < -0.4 is 5.73 Å². The van der Waals surface area contributed by atoms with Crippen molar-refractivity contribution in [3.63, 3.8) is 0 Å². The molecular weight excluding hydrogens is 240 g/mol. The Morgan fingerprint density at radius 1 is 1.42 bits per heavy atom. The van der Waals surface area contributed by atoms with Gasteiger partial charge in [0, 0.05) is 19.3 Å². The Hall–Kier alpha value is -1.52. The summed E-state index contributed by atoms with van der Waals surface area (Å²) >= 11 is 0. The molecule has 0 spiro atoms. The molecule has 106 valence electrons. The van der Waals surface area contributed by atoms with Crippen LogP contribution in [0.1, 0.15) is 33.6 Å². The molecule has 0 radical (unpaired) electrons. The average Bonchev–Trinajstić information content (AvgIpc) is 2.74. The standard InChI is InChI=1S/C14H24N4O/c1-14(2,3)11-4-6-17(7-5-11)13(19)10-18-9-12(15)8-16-18/h8-9,11H,4-7,10,15H2,1-3H3. The van der Waals surface area contributed by atoms with E-state index in [-0.39, 0.29) is 12.5 Å². The van der Waals surface area contributed by atoms with E-state index in [4.69, 9.17) is 5.73 Å². The minimum atomic E-state index is 0.135. The van der Waals surface area contributed by atoms with Gasteiger partial charge in [0.25, 0.3) is 0 Å². The Morgan fingerprint density at radius 2 is 2.05 bits per heavy atom. The van der Waals surface area contributed by atoms with Crippen LogP contribution in [0.2, 0.25) is 0 Å². The van der Waals surface area contributed by atoms with E-state index < -0.39 is 0 Å². The van der Waals surface area contributed by atoms with E-state index in [9.17, 15) is 4.79 Å². The number of likely N-dealkylation sites (tertiary alicyclic amines) is 1. The first kappa shape index (κ1) is 13.9. The molecule has 1 amide bonds. The molecule has 0 bridgehead atoms. The van der Waals surface area contributed by atoms with Crippen LogP contribution >= 0.6 is 0 Å². The van der Waals surface area contributed by atoms with Crippen LogP contribution in [0.25, 0.3) is 0 Å². The zero-order valence-corrected chi connectivity index (χ0v) is 12.1. The first-order chi connectivity index (χ1) is 8.86. The molecular formula is C14H24N4O. The topological polar surface area (TPSA) is 64.2 Å². The van der Waals surface area contributed by atoms with Crippen molar-refractivity contribution in [2.45, 2.75) is 40.2 Å². The molecule has 0 unspecified atom stereocenters. The van der Waals surface area contributed by atoms with Crippen LogP contribution in [-0.2, 0) is 11.3 Å². The van der Waals surface area contributed by atoms with Gasteiger partial charge in [-0.2, -0.15) is 5.10 Å². The molecule has 0 aromatic carbocycles. The van der Waals surface area contributed by atoms with Gasteiger partial charge in [-0.15, -0.1) is 0 Å². The fraction of sp³-hybridized carbons (Fsp3) is 0.714. The molecule has 1 aliphatic rings. The molecule has 1 aliphatic heterocycles. The minimum Gasteiger partial charge on any atom is -0.396 e.